The van der Waals surface area contributed by atoms with Crippen LogP contribution in [0.3, 0.4) is 0 Å². The first-order valence-corrected chi connectivity index (χ1v) is 9.92. The summed E-state index contributed by atoms with van der Waals surface area (Å²) in [5, 5.41) is 4.41. The number of benzene rings is 1. The Morgan fingerprint density at radius 2 is 2.27 bits per heavy atom. The molecule has 0 aliphatic carbocycles. The largest absolute Gasteiger partial charge is 0.468 e. The Morgan fingerprint density at radius 1 is 1.38 bits per heavy atom. The van der Waals surface area contributed by atoms with E-state index in [4.69, 9.17) is 9.40 Å². The molecule has 2 aromatic heterocycles. The molecule has 1 aromatic carbocycles. The normalized spacial score (nSPS) is 19.0. The highest BCUT2D eigenvalue weighted by Gasteiger charge is 2.27. The first kappa shape index (κ1) is 17.2. The predicted molar refractivity (Wildman–Crippen MR) is 103 cm³/mol. The van der Waals surface area contributed by atoms with Gasteiger partial charge in [-0.15, -0.1) is 11.3 Å². The average Bonchev–Trinajstić information content (AvgIpc) is 3.35. The van der Waals surface area contributed by atoms with Crippen LogP contribution in [0.1, 0.15) is 42.5 Å². The number of aromatic nitrogens is 1. The SMILES string of the molecule is C[C@@H](NCC(=O)N1CCC[C@H](c2nc3ccccc3s2)C1)c1ccco1. The van der Waals surface area contributed by atoms with Crippen LogP contribution < -0.4 is 5.32 Å². The quantitative estimate of drug-likeness (QED) is 0.740. The summed E-state index contributed by atoms with van der Waals surface area (Å²) < 4.78 is 6.60. The summed E-state index contributed by atoms with van der Waals surface area (Å²) in [7, 11) is 0. The van der Waals surface area contributed by atoms with E-state index in [1.807, 2.05) is 36.1 Å². The second-order valence-corrected chi connectivity index (χ2v) is 7.88. The third kappa shape index (κ3) is 3.66. The lowest BCUT2D eigenvalue weighted by atomic mass is 9.98. The lowest BCUT2D eigenvalue weighted by molar-refractivity contribution is -0.131. The van der Waals surface area contributed by atoms with Gasteiger partial charge in [-0.05, 0) is 44.0 Å². The molecule has 1 saturated heterocycles. The van der Waals surface area contributed by atoms with E-state index in [2.05, 4.69) is 17.4 Å². The number of rotatable bonds is 5. The first-order chi connectivity index (χ1) is 12.7. The van der Waals surface area contributed by atoms with Gasteiger partial charge in [-0.1, -0.05) is 12.1 Å². The van der Waals surface area contributed by atoms with E-state index in [1.165, 1.54) is 4.70 Å². The van der Waals surface area contributed by atoms with E-state index >= 15 is 0 Å². The molecule has 2 atom stereocenters. The number of fused-ring (bicyclic) bond motifs is 1. The van der Waals surface area contributed by atoms with Gasteiger partial charge in [-0.2, -0.15) is 0 Å². The molecule has 1 amide bonds. The summed E-state index contributed by atoms with van der Waals surface area (Å²) in [5.74, 6) is 1.34. The van der Waals surface area contributed by atoms with Crippen LogP contribution in [-0.4, -0.2) is 35.4 Å². The molecular formula is C20H23N3O2S. The summed E-state index contributed by atoms with van der Waals surface area (Å²) in [4.78, 5) is 19.4. The molecule has 0 bridgehead atoms. The Hall–Kier alpha value is -2.18. The van der Waals surface area contributed by atoms with E-state index in [0.29, 0.717) is 12.5 Å². The second kappa shape index (κ2) is 7.60. The van der Waals surface area contributed by atoms with Gasteiger partial charge in [0.1, 0.15) is 5.76 Å². The van der Waals surface area contributed by atoms with Crippen LogP contribution in [-0.2, 0) is 4.79 Å². The lowest BCUT2D eigenvalue weighted by Gasteiger charge is -2.32. The van der Waals surface area contributed by atoms with Crippen molar-refractivity contribution in [1.29, 1.82) is 0 Å². The van der Waals surface area contributed by atoms with Gasteiger partial charge in [0.25, 0.3) is 0 Å². The molecular weight excluding hydrogens is 346 g/mol. The van der Waals surface area contributed by atoms with Crippen molar-refractivity contribution in [1.82, 2.24) is 15.2 Å². The summed E-state index contributed by atoms with van der Waals surface area (Å²) >= 11 is 1.76. The number of hydrogen-bond acceptors (Lipinski definition) is 5. The lowest BCUT2D eigenvalue weighted by Crippen LogP contribution is -2.43. The van der Waals surface area contributed by atoms with Crippen LogP contribution in [0.15, 0.2) is 47.1 Å². The van der Waals surface area contributed by atoms with Crippen molar-refractivity contribution in [3.05, 3.63) is 53.4 Å². The fraction of sp³-hybridized carbons (Fsp3) is 0.400. The monoisotopic (exact) mass is 369 g/mol. The van der Waals surface area contributed by atoms with Crippen LogP contribution in [0.25, 0.3) is 10.2 Å². The van der Waals surface area contributed by atoms with Gasteiger partial charge in [-0.3, -0.25) is 10.1 Å². The Bertz CT molecular complexity index is 841. The van der Waals surface area contributed by atoms with E-state index in [-0.39, 0.29) is 11.9 Å². The highest BCUT2D eigenvalue weighted by atomic mass is 32.1. The molecule has 4 rings (SSSR count). The molecule has 26 heavy (non-hydrogen) atoms. The number of carbonyl (C=O) groups is 1. The van der Waals surface area contributed by atoms with Crippen molar-refractivity contribution in [3.63, 3.8) is 0 Å². The maximum atomic E-state index is 12.6. The molecule has 1 fully saturated rings. The minimum atomic E-state index is 0.0267. The number of amides is 1. The molecule has 136 valence electrons. The highest BCUT2D eigenvalue weighted by Crippen LogP contribution is 2.32. The number of piperidine rings is 1. The van der Waals surface area contributed by atoms with Crippen LogP contribution in [0.2, 0.25) is 0 Å². The molecule has 6 heteroatoms. The standard InChI is InChI=1S/C20H23N3O2S/c1-14(17-8-5-11-25-17)21-12-19(24)23-10-4-6-15(13-23)20-22-16-7-2-3-9-18(16)26-20/h2-3,5,7-9,11,14-15,21H,4,6,10,12-13H2,1H3/t14-,15+/m1/s1. The molecule has 1 N–H and O–H groups in total. The highest BCUT2D eigenvalue weighted by molar-refractivity contribution is 7.18. The zero-order valence-electron chi connectivity index (χ0n) is 14.9. The first-order valence-electron chi connectivity index (χ1n) is 9.11. The Labute approximate surface area is 157 Å². The molecule has 0 unspecified atom stereocenters. The number of para-hydroxylation sites is 1. The minimum Gasteiger partial charge on any atom is -0.468 e. The van der Waals surface area contributed by atoms with Gasteiger partial charge in [0.2, 0.25) is 5.91 Å². The minimum absolute atomic E-state index is 0.0267. The van der Waals surface area contributed by atoms with Gasteiger partial charge >= 0.3 is 0 Å². The number of thiazole rings is 1. The fourth-order valence-corrected chi connectivity index (χ4v) is 4.55. The van der Waals surface area contributed by atoms with Crippen LogP contribution in [0, 0.1) is 0 Å². The molecule has 0 saturated carbocycles. The predicted octanol–water partition coefficient (Wildman–Crippen LogP) is 3.95. The number of hydrogen-bond donors (Lipinski definition) is 1. The number of nitrogens with zero attached hydrogens (tertiary/aromatic N) is 2. The maximum absolute atomic E-state index is 12.6. The maximum Gasteiger partial charge on any atom is 0.236 e. The van der Waals surface area contributed by atoms with Gasteiger partial charge < -0.3 is 9.32 Å². The molecule has 0 spiro atoms. The third-order valence-electron chi connectivity index (χ3n) is 4.96. The van der Waals surface area contributed by atoms with E-state index in [0.717, 1.165) is 42.2 Å². The van der Waals surface area contributed by atoms with Crippen molar-refractivity contribution in [2.75, 3.05) is 19.6 Å². The van der Waals surface area contributed by atoms with Crippen molar-refractivity contribution >= 4 is 27.5 Å². The van der Waals surface area contributed by atoms with Crippen molar-refractivity contribution in [3.8, 4) is 0 Å². The van der Waals surface area contributed by atoms with Crippen LogP contribution in [0.5, 0.6) is 0 Å². The topological polar surface area (TPSA) is 58.4 Å². The average molecular weight is 369 g/mol. The summed E-state index contributed by atoms with van der Waals surface area (Å²) in [6.45, 7) is 3.92. The molecule has 3 heterocycles. The van der Waals surface area contributed by atoms with Crippen LogP contribution >= 0.6 is 11.3 Å². The van der Waals surface area contributed by atoms with Gasteiger partial charge in [-0.25, -0.2) is 4.98 Å². The summed E-state index contributed by atoms with van der Waals surface area (Å²) in [6.07, 6.45) is 3.78. The number of furan rings is 1. The summed E-state index contributed by atoms with van der Waals surface area (Å²) in [6, 6.07) is 12.1. The number of likely N-dealkylation sites (tertiary alicyclic amines) is 1. The van der Waals surface area contributed by atoms with Crippen molar-refractivity contribution < 1.29 is 9.21 Å². The summed E-state index contributed by atoms with van der Waals surface area (Å²) in [5.41, 5.74) is 1.06. The van der Waals surface area contributed by atoms with E-state index in [9.17, 15) is 4.79 Å². The fourth-order valence-electron chi connectivity index (χ4n) is 3.46. The smallest absolute Gasteiger partial charge is 0.236 e. The Balaban J connectivity index is 1.37. The molecule has 5 nitrogen and oxygen atoms in total. The molecule has 1 aliphatic heterocycles. The molecule has 1 aliphatic rings. The number of carbonyl (C=O) groups excluding carboxylic acids is 1. The second-order valence-electron chi connectivity index (χ2n) is 6.82. The van der Waals surface area contributed by atoms with Gasteiger partial charge in [0.15, 0.2) is 0 Å². The van der Waals surface area contributed by atoms with Crippen molar-refractivity contribution in [2.45, 2.75) is 31.7 Å². The Kier molecular flexibility index (Phi) is 5.04. The molecule has 3 aromatic rings. The van der Waals surface area contributed by atoms with E-state index < -0.39 is 0 Å². The van der Waals surface area contributed by atoms with Crippen molar-refractivity contribution in [2.24, 2.45) is 0 Å². The zero-order chi connectivity index (χ0) is 17.9. The van der Waals surface area contributed by atoms with Crippen LogP contribution in [0.4, 0.5) is 0 Å². The number of nitrogens with one attached hydrogen (secondary N) is 1. The van der Waals surface area contributed by atoms with Gasteiger partial charge in [0.05, 0.1) is 34.1 Å². The third-order valence-corrected chi connectivity index (χ3v) is 6.16. The molecule has 0 radical (unpaired) electrons. The van der Waals surface area contributed by atoms with E-state index in [1.54, 1.807) is 17.6 Å². The van der Waals surface area contributed by atoms with Gasteiger partial charge in [0, 0.05) is 19.0 Å². The zero-order valence-corrected chi connectivity index (χ0v) is 15.7. The Morgan fingerprint density at radius 3 is 3.08 bits per heavy atom.